The van der Waals surface area contributed by atoms with Crippen molar-refractivity contribution in [3.63, 3.8) is 0 Å². The molecule has 22 heteroatoms. The highest BCUT2D eigenvalue weighted by molar-refractivity contribution is 7.88. The molecule has 0 radical (unpaired) electrons. The maximum absolute atomic E-state index is 14.2. The van der Waals surface area contributed by atoms with Gasteiger partial charge in [0.15, 0.2) is 11.4 Å². The second-order valence-corrected chi connectivity index (χ2v) is 10.7. The van der Waals surface area contributed by atoms with Crippen molar-refractivity contribution in [2.45, 2.75) is 42.4 Å². The van der Waals surface area contributed by atoms with Crippen molar-refractivity contribution in [2.75, 3.05) is 0 Å². The Hall–Kier alpha value is -3.62. The van der Waals surface area contributed by atoms with Crippen molar-refractivity contribution >= 4 is 27.6 Å². The third-order valence-corrected chi connectivity index (χ3v) is 7.49. The van der Waals surface area contributed by atoms with Crippen LogP contribution >= 0.6 is 11.6 Å². The highest BCUT2D eigenvalue weighted by atomic mass is 35.5. The standard InChI is InChI=1S/C20H13ClF10N6O4S/c1-36-16(37-7-9(6-33-37)8-4-11(13(21)32-5-8)14(38)34-10-2-3-10)12(17(22,23)24)15(35-36)41-42(39,40)18(25,19(26,27)28)20(29,30)31/h4-7,10H,2-3H2,1H3,(H,34,38). The van der Waals surface area contributed by atoms with E-state index in [1.165, 1.54) is 6.07 Å². The summed E-state index contributed by atoms with van der Waals surface area (Å²) in [6.07, 6.45) is -15.8. The van der Waals surface area contributed by atoms with E-state index in [4.69, 9.17) is 11.6 Å². The molecular weight excluding hydrogens is 646 g/mol. The Labute approximate surface area is 232 Å². The number of nitrogens with one attached hydrogen (secondary N) is 1. The molecule has 0 bridgehead atoms. The number of hydrogen-bond donors (Lipinski definition) is 1. The van der Waals surface area contributed by atoms with Crippen LogP contribution in [0.2, 0.25) is 5.15 Å². The number of hydrogen-bond acceptors (Lipinski definition) is 7. The third kappa shape index (κ3) is 5.45. The number of pyridine rings is 1. The third-order valence-electron chi connectivity index (χ3n) is 5.66. The van der Waals surface area contributed by atoms with Crippen molar-refractivity contribution in [1.29, 1.82) is 0 Å². The normalized spacial score (nSPS) is 15.1. The molecule has 1 aliphatic rings. The van der Waals surface area contributed by atoms with Gasteiger partial charge in [-0.2, -0.15) is 53.0 Å². The summed E-state index contributed by atoms with van der Waals surface area (Å²) in [5.74, 6) is -4.20. The molecule has 0 aromatic carbocycles. The molecule has 4 rings (SSSR count). The second-order valence-electron chi connectivity index (χ2n) is 8.74. The van der Waals surface area contributed by atoms with E-state index in [-0.39, 0.29) is 32.6 Å². The molecule has 3 heterocycles. The van der Waals surface area contributed by atoms with Crippen LogP contribution in [0.1, 0.15) is 28.8 Å². The van der Waals surface area contributed by atoms with Crippen LogP contribution in [-0.2, 0) is 23.3 Å². The van der Waals surface area contributed by atoms with Crippen LogP contribution in [0.3, 0.4) is 0 Å². The van der Waals surface area contributed by atoms with Gasteiger partial charge in [0.25, 0.3) is 11.8 Å². The van der Waals surface area contributed by atoms with E-state index in [1.54, 1.807) is 0 Å². The predicted octanol–water partition coefficient (Wildman–Crippen LogP) is 4.73. The monoisotopic (exact) mass is 658 g/mol. The van der Waals surface area contributed by atoms with E-state index >= 15 is 0 Å². The van der Waals surface area contributed by atoms with Gasteiger partial charge in [0.2, 0.25) is 0 Å². The Morgan fingerprint density at radius 3 is 2.14 bits per heavy atom. The summed E-state index contributed by atoms with van der Waals surface area (Å²) in [5, 5.41) is 1.91. The van der Waals surface area contributed by atoms with Crippen LogP contribution in [-0.4, -0.2) is 62.3 Å². The fourth-order valence-corrected chi connectivity index (χ4v) is 4.70. The van der Waals surface area contributed by atoms with Gasteiger partial charge in [-0.1, -0.05) is 11.6 Å². The molecule has 3 aromatic rings. The Balaban J connectivity index is 1.78. The van der Waals surface area contributed by atoms with E-state index in [0.717, 1.165) is 31.4 Å². The predicted molar refractivity (Wildman–Crippen MR) is 120 cm³/mol. The number of carbonyl (C=O) groups excluding carboxylic acids is 1. The van der Waals surface area contributed by atoms with Gasteiger partial charge in [-0.3, -0.25) is 4.79 Å². The van der Waals surface area contributed by atoms with Gasteiger partial charge in [0.05, 0.1) is 11.8 Å². The van der Waals surface area contributed by atoms with Crippen molar-refractivity contribution in [2.24, 2.45) is 7.05 Å². The quantitative estimate of drug-likeness (QED) is 0.221. The van der Waals surface area contributed by atoms with Crippen LogP contribution in [0.5, 0.6) is 5.88 Å². The molecule has 10 nitrogen and oxygen atoms in total. The first-order valence-corrected chi connectivity index (χ1v) is 12.8. The Bertz CT molecular complexity index is 1630. The molecule has 1 fully saturated rings. The Kier molecular flexibility index (Phi) is 7.45. The average molecular weight is 659 g/mol. The van der Waals surface area contributed by atoms with Gasteiger partial charge in [-0.25, -0.2) is 18.7 Å². The van der Waals surface area contributed by atoms with E-state index < -0.39 is 56.8 Å². The molecule has 3 aromatic heterocycles. The van der Waals surface area contributed by atoms with Gasteiger partial charge in [0.1, 0.15) is 5.15 Å². The van der Waals surface area contributed by atoms with Gasteiger partial charge >= 0.3 is 33.6 Å². The Morgan fingerprint density at radius 1 is 1.02 bits per heavy atom. The molecule has 1 amide bonds. The molecule has 0 unspecified atom stereocenters. The van der Waals surface area contributed by atoms with Gasteiger partial charge in [-0.15, -0.1) is 5.10 Å². The fraction of sp³-hybridized carbons (Fsp3) is 0.400. The van der Waals surface area contributed by atoms with E-state index in [9.17, 15) is 57.1 Å². The molecule has 0 spiro atoms. The number of amides is 1. The van der Waals surface area contributed by atoms with Gasteiger partial charge in [-0.05, 0) is 18.9 Å². The highest BCUT2D eigenvalue weighted by Crippen LogP contribution is 2.51. The molecule has 1 N–H and O–H groups in total. The van der Waals surface area contributed by atoms with Crippen LogP contribution < -0.4 is 9.50 Å². The maximum atomic E-state index is 14.2. The van der Waals surface area contributed by atoms with Crippen LogP contribution in [0.25, 0.3) is 16.9 Å². The number of rotatable bonds is 7. The summed E-state index contributed by atoms with van der Waals surface area (Å²) in [4.78, 5) is 16.2. The highest BCUT2D eigenvalue weighted by Gasteiger charge is 2.82. The smallest absolute Gasteiger partial charge is 0.356 e. The lowest BCUT2D eigenvalue weighted by atomic mass is 10.1. The minimum absolute atomic E-state index is 0.0269. The first-order chi connectivity index (χ1) is 19.1. The number of halogens is 11. The number of aromatic nitrogens is 5. The van der Waals surface area contributed by atoms with Crippen molar-refractivity contribution in [3.05, 3.63) is 40.9 Å². The number of alkyl halides is 10. The minimum Gasteiger partial charge on any atom is -0.356 e. The van der Waals surface area contributed by atoms with Gasteiger partial charge in [0, 0.05) is 36.6 Å². The zero-order valence-corrected chi connectivity index (χ0v) is 21.8. The van der Waals surface area contributed by atoms with Crippen molar-refractivity contribution in [1.82, 2.24) is 29.9 Å². The van der Waals surface area contributed by atoms with E-state index in [1.807, 2.05) is 0 Å². The molecule has 0 saturated heterocycles. The molecular formula is C20H13ClF10N6O4S. The molecule has 42 heavy (non-hydrogen) atoms. The maximum Gasteiger partial charge on any atom is 0.450 e. The van der Waals surface area contributed by atoms with Crippen molar-refractivity contribution < 1.29 is 61.3 Å². The SMILES string of the molecule is Cn1nc(OS(=O)(=O)C(F)(C(F)(F)F)C(F)(F)F)c(C(F)(F)F)c1-n1cc(-c2cnc(Cl)c(C(=O)NC3CC3)c2)cn1. The lowest BCUT2D eigenvalue weighted by Crippen LogP contribution is -2.60. The Morgan fingerprint density at radius 2 is 1.62 bits per heavy atom. The molecule has 230 valence electrons. The first-order valence-electron chi connectivity index (χ1n) is 11.0. The largest absolute Gasteiger partial charge is 0.450 e. The van der Waals surface area contributed by atoms with Crippen molar-refractivity contribution in [3.8, 4) is 22.8 Å². The average Bonchev–Trinajstić information content (AvgIpc) is 3.39. The molecule has 1 saturated carbocycles. The fourth-order valence-electron chi connectivity index (χ4n) is 3.51. The molecule has 1 aliphatic carbocycles. The summed E-state index contributed by atoms with van der Waals surface area (Å²) in [6.45, 7) is 0. The number of carbonyl (C=O) groups is 1. The molecule has 0 atom stereocenters. The number of nitrogens with zero attached hydrogens (tertiary/aromatic N) is 5. The summed E-state index contributed by atoms with van der Waals surface area (Å²) < 4.78 is 162. The van der Waals surface area contributed by atoms with Gasteiger partial charge < -0.3 is 9.50 Å². The minimum atomic E-state index is -7.60. The summed E-state index contributed by atoms with van der Waals surface area (Å²) in [6, 6.07) is 1.15. The summed E-state index contributed by atoms with van der Waals surface area (Å²) in [7, 11) is -6.91. The lowest BCUT2D eigenvalue weighted by molar-refractivity contribution is -0.307. The topological polar surface area (TPSA) is 121 Å². The second kappa shape index (κ2) is 9.99. The van der Waals surface area contributed by atoms with E-state index in [2.05, 4.69) is 24.7 Å². The molecule has 0 aliphatic heterocycles. The van der Waals surface area contributed by atoms with Crippen LogP contribution in [0.4, 0.5) is 43.9 Å². The van der Waals surface area contributed by atoms with Crippen LogP contribution in [0.15, 0.2) is 24.7 Å². The summed E-state index contributed by atoms with van der Waals surface area (Å²) >= 11 is 5.96. The van der Waals surface area contributed by atoms with Crippen LogP contribution in [0, 0.1) is 0 Å². The zero-order valence-electron chi connectivity index (χ0n) is 20.2. The zero-order chi connectivity index (χ0) is 31.6. The lowest BCUT2D eigenvalue weighted by Gasteiger charge is -2.28. The van der Waals surface area contributed by atoms with E-state index in [0.29, 0.717) is 11.7 Å². The summed E-state index contributed by atoms with van der Waals surface area (Å²) in [5.41, 5.74) is -2.36. The number of aryl methyl sites for hydroxylation is 1. The first kappa shape index (κ1) is 31.3.